The Morgan fingerprint density at radius 2 is 1.92 bits per heavy atom. The van der Waals surface area contributed by atoms with E-state index in [2.05, 4.69) is 11.9 Å². The van der Waals surface area contributed by atoms with Crippen LogP contribution in [0, 0.1) is 17.3 Å². The minimum atomic E-state index is -1.88. The monoisotopic (exact) mass is 507 g/mol. The molecule has 0 radical (unpaired) electrons. The number of Topliss-reactive ketones (excluding diaryl/α,β-unsaturated/α-hetero) is 1. The fourth-order valence-electron chi connectivity index (χ4n) is 5.33. The third kappa shape index (κ3) is 6.07. The van der Waals surface area contributed by atoms with Crippen molar-refractivity contribution in [2.75, 3.05) is 0 Å². The summed E-state index contributed by atoms with van der Waals surface area (Å²) in [5.41, 5.74) is -0.909. The molecule has 0 aromatic carbocycles. The molecule has 3 N–H and O–H groups in total. The van der Waals surface area contributed by atoms with Crippen LogP contribution in [0.1, 0.15) is 91.7 Å². The van der Waals surface area contributed by atoms with Crippen molar-refractivity contribution in [3.8, 4) is 0 Å². The number of esters is 1. The Kier molecular flexibility index (Phi) is 8.50. The van der Waals surface area contributed by atoms with Crippen LogP contribution >= 0.6 is 0 Å². The molecule has 2 aliphatic heterocycles. The van der Waals surface area contributed by atoms with Crippen LogP contribution < -0.4 is 0 Å². The average molecular weight is 508 g/mol. The second-order valence-electron chi connectivity index (χ2n) is 11.5. The van der Waals surface area contributed by atoms with Crippen LogP contribution in [0.25, 0.3) is 6.08 Å². The zero-order valence-electron chi connectivity index (χ0n) is 22.2. The molecule has 0 saturated carbocycles. The van der Waals surface area contributed by atoms with E-state index in [-0.39, 0.29) is 30.6 Å². The Bertz CT molecular complexity index is 984. The van der Waals surface area contributed by atoms with Crippen molar-refractivity contribution in [3.63, 3.8) is 0 Å². The van der Waals surface area contributed by atoms with Crippen LogP contribution in [-0.4, -0.2) is 55.7 Å². The van der Waals surface area contributed by atoms with Gasteiger partial charge in [0.2, 0.25) is 11.7 Å². The van der Waals surface area contributed by atoms with Gasteiger partial charge in [-0.2, -0.15) is 0 Å². The number of ketones is 1. The molecule has 2 fully saturated rings. The first-order valence-corrected chi connectivity index (χ1v) is 12.8. The Morgan fingerprint density at radius 3 is 2.56 bits per heavy atom. The first-order chi connectivity index (χ1) is 16.7. The Hall–Kier alpha value is -2.07. The molecular formula is C27H41NO8. The number of hydrogen-bond acceptors (Lipinski definition) is 9. The van der Waals surface area contributed by atoms with Gasteiger partial charge in [-0.3, -0.25) is 9.59 Å². The van der Waals surface area contributed by atoms with Gasteiger partial charge >= 0.3 is 5.97 Å². The molecule has 0 spiro atoms. The Labute approximate surface area is 212 Å². The summed E-state index contributed by atoms with van der Waals surface area (Å²) in [6.07, 6.45) is 3.27. The van der Waals surface area contributed by atoms with Gasteiger partial charge in [-0.05, 0) is 50.7 Å². The lowest BCUT2D eigenvalue weighted by Gasteiger charge is -2.30. The second-order valence-corrected chi connectivity index (χ2v) is 11.5. The molecule has 9 heteroatoms. The number of fused-ring (bicyclic) bond motifs is 1. The van der Waals surface area contributed by atoms with Crippen LogP contribution in [0.5, 0.6) is 0 Å². The van der Waals surface area contributed by atoms with Gasteiger partial charge in [0.15, 0.2) is 12.2 Å². The predicted octanol–water partition coefficient (Wildman–Crippen LogP) is 3.54. The molecule has 36 heavy (non-hydrogen) atoms. The van der Waals surface area contributed by atoms with E-state index in [0.717, 1.165) is 19.3 Å². The maximum absolute atomic E-state index is 13.1. The van der Waals surface area contributed by atoms with Gasteiger partial charge in [-0.25, -0.2) is 4.98 Å². The molecule has 1 aromatic heterocycles. The summed E-state index contributed by atoms with van der Waals surface area (Å²) in [4.78, 5) is 30.1. The molecule has 0 aliphatic carbocycles. The summed E-state index contributed by atoms with van der Waals surface area (Å²) in [7, 11) is 0. The minimum Gasteiger partial charge on any atom is -0.455 e. The molecule has 1 aromatic rings. The molecule has 202 valence electrons. The highest BCUT2D eigenvalue weighted by Crippen LogP contribution is 2.53. The largest absolute Gasteiger partial charge is 0.455 e. The molecule has 2 aliphatic rings. The van der Waals surface area contributed by atoms with E-state index in [4.69, 9.17) is 13.9 Å². The Morgan fingerprint density at radius 1 is 1.22 bits per heavy atom. The zero-order valence-corrected chi connectivity index (χ0v) is 22.2. The number of carbonyl (C=O) groups excluding carboxylic acids is 2. The number of aliphatic hydroxyl groups excluding tert-OH is 2. The topological polar surface area (TPSA) is 143 Å². The summed E-state index contributed by atoms with van der Waals surface area (Å²) in [5.74, 6) is -2.05. The standard InChI is InChI=1S/C27H41NO8/c1-16-8-7-10-26(6)27(33,36-26)24(32)22(17(2)13-19-15-34-20(14-29)28-19)35-21(30)9-11-25(4,5)23(31)18(3)12-16/h13,15-16,18,22,24,29,32-33H,7-12,14H2,1-6H3. The molecule has 3 heterocycles. The van der Waals surface area contributed by atoms with Crippen LogP contribution in [0.15, 0.2) is 16.3 Å². The fraction of sp³-hybridized carbons (Fsp3) is 0.741. The van der Waals surface area contributed by atoms with Gasteiger partial charge in [0.1, 0.15) is 29.9 Å². The number of rotatable bonds is 3. The summed E-state index contributed by atoms with van der Waals surface area (Å²) < 4.78 is 16.5. The number of aliphatic hydroxyl groups is 3. The SMILES string of the molecule is CC(=Cc1coc(CO)n1)C1OC(=O)CCC(C)(C)C(=O)C(C)CC(C)CCCC2(C)OC2(O)C1O. The molecule has 0 amide bonds. The van der Waals surface area contributed by atoms with Gasteiger partial charge in [0.25, 0.3) is 0 Å². The fourth-order valence-corrected chi connectivity index (χ4v) is 5.33. The minimum absolute atomic E-state index is 0.0211. The van der Waals surface area contributed by atoms with Crippen LogP contribution in [0.2, 0.25) is 0 Å². The van der Waals surface area contributed by atoms with E-state index in [1.165, 1.54) is 6.26 Å². The number of ether oxygens (including phenoxy) is 2. The molecule has 9 nitrogen and oxygen atoms in total. The first kappa shape index (κ1) is 28.5. The van der Waals surface area contributed by atoms with Gasteiger partial charge in [0, 0.05) is 17.8 Å². The summed E-state index contributed by atoms with van der Waals surface area (Å²) in [6, 6.07) is 0. The normalized spacial score (nSPS) is 36.8. The van der Waals surface area contributed by atoms with Gasteiger partial charge < -0.3 is 29.2 Å². The van der Waals surface area contributed by atoms with Crippen molar-refractivity contribution in [3.05, 3.63) is 23.4 Å². The van der Waals surface area contributed by atoms with E-state index < -0.39 is 35.0 Å². The number of cyclic esters (lactones) is 1. The third-order valence-electron chi connectivity index (χ3n) is 7.75. The number of epoxide rings is 1. The van der Waals surface area contributed by atoms with Gasteiger partial charge in [0.05, 0.1) is 0 Å². The zero-order chi connectivity index (χ0) is 26.9. The molecule has 6 atom stereocenters. The van der Waals surface area contributed by atoms with E-state index in [1.54, 1.807) is 19.9 Å². The summed E-state index contributed by atoms with van der Waals surface area (Å²) in [6.45, 7) is 10.8. The van der Waals surface area contributed by atoms with Crippen molar-refractivity contribution in [1.29, 1.82) is 0 Å². The average Bonchev–Trinajstić information content (AvgIpc) is 3.13. The molecule has 0 bridgehead atoms. The van der Waals surface area contributed by atoms with E-state index in [0.29, 0.717) is 30.0 Å². The number of oxazole rings is 1. The maximum Gasteiger partial charge on any atom is 0.306 e. The highest BCUT2D eigenvalue weighted by atomic mass is 16.8. The van der Waals surface area contributed by atoms with Crippen molar-refractivity contribution < 1.29 is 38.8 Å². The maximum atomic E-state index is 13.1. The van der Waals surface area contributed by atoms with E-state index in [1.807, 2.05) is 20.8 Å². The lowest BCUT2D eigenvalue weighted by atomic mass is 9.75. The van der Waals surface area contributed by atoms with Crippen molar-refractivity contribution in [2.24, 2.45) is 17.3 Å². The number of carbonyl (C=O) groups is 2. The lowest BCUT2D eigenvalue weighted by Crippen LogP contribution is -2.47. The first-order valence-electron chi connectivity index (χ1n) is 12.8. The number of hydrogen-bond donors (Lipinski definition) is 3. The molecule has 2 saturated heterocycles. The summed E-state index contributed by atoms with van der Waals surface area (Å²) >= 11 is 0. The van der Waals surface area contributed by atoms with Gasteiger partial charge in [-0.1, -0.05) is 40.5 Å². The highest BCUT2D eigenvalue weighted by Gasteiger charge is 2.71. The molecule has 6 unspecified atom stereocenters. The predicted molar refractivity (Wildman–Crippen MR) is 131 cm³/mol. The second kappa shape index (κ2) is 10.7. The summed E-state index contributed by atoms with van der Waals surface area (Å²) in [5, 5.41) is 31.7. The van der Waals surface area contributed by atoms with E-state index in [9.17, 15) is 24.9 Å². The van der Waals surface area contributed by atoms with Crippen molar-refractivity contribution in [2.45, 2.75) is 110 Å². The smallest absolute Gasteiger partial charge is 0.306 e. The third-order valence-corrected chi connectivity index (χ3v) is 7.75. The highest BCUT2D eigenvalue weighted by molar-refractivity contribution is 5.86. The lowest BCUT2D eigenvalue weighted by molar-refractivity contribution is -0.165. The van der Waals surface area contributed by atoms with Crippen LogP contribution in [0.3, 0.4) is 0 Å². The van der Waals surface area contributed by atoms with Crippen LogP contribution in [0.4, 0.5) is 0 Å². The molecule has 3 rings (SSSR count). The number of aromatic nitrogens is 1. The van der Waals surface area contributed by atoms with E-state index >= 15 is 0 Å². The van der Waals surface area contributed by atoms with Crippen molar-refractivity contribution in [1.82, 2.24) is 4.98 Å². The quantitative estimate of drug-likeness (QED) is 0.413. The van der Waals surface area contributed by atoms with Crippen molar-refractivity contribution >= 4 is 17.8 Å². The van der Waals surface area contributed by atoms with Gasteiger partial charge in [-0.15, -0.1) is 0 Å². The molecular weight excluding hydrogens is 466 g/mol. The number of nitrogens with zero attached hydrogens (tertiary/aromatic N) is 1. The Balaban J connectivity index is 1.90. The van der Waals surface area contributed by atoms with Crippen LogP contribution in [-0.2, 0) is 25.7 Å².